The molecule has 62 valence electrons. The number of carbonyl (C=O) groups is 1. The van der Waals surface area contributed by atoms with Gasteiger partial charge in [-0.1, -0.05) is 18.6 Å². The van der Waals surface area contributed by atoms with Gasteiger partial charge in [0.2, 0.25) is 0 Å². The second-order valence-electron chi connectivity index (χ2n) is 2.55. The van der Waals surface area contributed by atoms with Crippen molar-refractivity contribution in [3.8, 4) is 0 Å². The molecule has 0 heterocycles. The van der Waals surface area contributed by atoms with Crippen molar-refractivity contribution < 1.29 is 9.90 Å². The van der Waals surface area contributed by atoms with Gasteiger partial charge >= 0.3 is 5.97 Å². The van der Waals surface area contributed by atoms with Crippen molar-refractivity contribution in [1.29, 1.82) is 0 Å². The highest BCUT2D eigenvalue weighted by Gasteiger charge is 1.92. The Labute approximate surface area is 67.2 Å². The van der Waals surface area contributed by atoms with Gasteiger partial charge in [-0.2, -0.15) is 0 Å². The maximum Gasteiger partial charge on any atom is 0.328 e. The van der Waals surface area contributed by atoms with E-state index in [1.165, 1.54) is 11.6 Å². The molecule has 0 aliphatic rings. The predicted molar refractivity (Wildman–Crippen MR) is 45.4 cm³/mol. The van der Waals surface area contributed by atoms with E-state index in [4.69, 9.17) is 5.11 Å². The molecule has 2 nitrogen and oxygen atoms in total. The molecule has 0 rings (SSSR count). The van der Waals surface area contributed by atoms with Crippen LogP contribution in [0.15, 0.2) is 23.3 Å². The zero-order valence-corrected chi connectivity index (χ0v) is 7.22. The average Bonchev–Trinajstić information content (AvgIpc) is 1.87. The second kappa shape index (κ2) is 4.72. The van der Waals surface area contributed by atoms with E-state index in [9.17, 15) is 4.79 Å². The van der Waals surface area contributed by atoms with E-state index in [1.807, 2.05) is 20.8 Å². The Morgan fingerprint density at radius 3 is 2.18 bits per heavy atom. The number of rotatable bonds is 3. The monoisotopic (exact) mass is 154 g/mol. The molecular weight excluding hydrogens is 140 g/mol. The molecular formula is C9H14O2. The Hall–Kier alpha value is -1.05. The Kier molecular flexibility index (Phi) is 4.27. The molecule has 0 aromatic carbocycles. The third kappa shape index (κ3) is 4.37. The zero-order chi connectivity index (χ0) is 8.85. The molecule has 0 unspecified atom stereocenters. The fourth-order valence-corrected chi connectivity index (χ4v) is 0.810. The molecule has 0 bridgehead atoms. The number of carboxylic acids is 1. The Morgan fingerprint density at radius 2 is 1.91 bits per heavy atom. The van der Waals surface area contributed by atoms with E-state index >= 15 is 0 Å². The first kappa shape index (κ1) is 9.95. The fraction of sp³-hybridized carbons (Fsp3) is 0.444. The van der Waals surface area contributed by atoms with Crippen molar-refractivity contribution in [3.05, 3.63) is 23.3 Å². The molecule has 0 radical (unpaired) electrons. The van der Waals surface area contributed by atoms with E-state index < -0.39 is 5.97 Å². The van der Waals surface area contributed by atoms with Gasteiger partial charge in [-0.25, -0.2) is 4.79 Å². The van der Waals surface area contributed by atoms with Gasteiger partial charge in [-0.05, 0) is 25.8 Å². The smallest absolute Gasteiger partial charge is 0.328 e. The van der Waals surface area contributed by atoms with Crippen molar-refractivity contribution in [1.82, 2.24) is 0 Å². The molecule has 0 saturated heterocycles. The Balaban J connectivity index is 4.33. The molecule has 2 heteroatoms. The first-order valence-corrected chi connectivity index (χ1v) is 3.65. The summed E-state index contributed by atoms with van der Waals surface area (Å²) >= 11 is 0. The van der Waals surface area contributed by atoms with Crippen molar-refractivity contribution in [3.63, 3.8) is 0 Å². The van der Waals surface area contributed by atoms with Crippen LogP contribution in [0.5, 0.6) is 0 Å². The molecule has 0 aromatic heterocycles. The summed E-state index contributed by atoms with van der Waals surface area (Å²) in [6, 6.07) is 0. The van der Waals surface area contributed by atoms with E-state index in [2.05, 4.69) is 0 Å². The van der Waals surface area contributed by atoms with Crippen LogP contribution in [-0.2, 0) is 4.79 Å². The summed E-state index contributed by atoms with van der Waals surface area (Å²) in [5, 5.41) is 8.33. The number of carboxylic acid groups (broad SMARTS) is 1. The van der Waals surface area contributed by atoms with Crippen molar-refractivity contribution >= 4 is 5.97 Å². The third-order valence-electron chi connectivity index (χ3n) is 1.45. The normalized spacial score (nSPS) is 10.1. The largest absolute Gasteiger partial charge is 0.478 e. The minimum atomic E-state index is -0.891. The maximum atomic E-state index is 10.1. The SMILES string of the molecule is CCC(C=CC(=O)O)=C(C)C. The lowest BCUT2D eigenvalue weighted by Gasteiger charge is -1.98. The summed E-state index contributed by atoms with van der Waals surface area (Å²) in [5.74, 6) is -0.891. The van der Waals surface area contributed by atoms with E-state index in [0.717, 1.165) is 12.0 Å². The maximum absolute atomic E-state index is 10.1. The Morgan fingerprint density at radius 1 is 1.36 bits per heavy atom. The van der Waals surface area contributed by atoms with Crippen molar-refractivity contribution in [2.45, 2.75) is 27.2 Å². The van der Waals surface area contributed by atoms with E-state index in [1.54, 1.807) is 6.08 Å². The van der Waals surface area contributed by atoms with Gasteiger partial charge in [0.25, 0.3) is 0 Å². The van der Waals surface area contributed by atoms with Gasteiger partial charge in [-0.15, -0.1) is 0 Å². The summed E-state index contributed by atoms with van der Waals surface area (Å²) in [4.78, 5) is 10.1. The number of aliphatic carboxylic acids is 1. The Bertz CT molecular complexity index is 196. The number of hydrogen-bond donors (Lipinski definition) is 1. The summed E-state index contributed by atoms with van der Waals surface area (Å²) < 4.78 is 0. The van der Waals surface area contributed by atoms with Crippen LogP contribution in [0.25, 0.3) is 0 Å². The standard InChI is InChI=1S/C9H14O2/c1-4-8(7(2)3)5-6-9(10)11/h5-6H,4H2,1-3H3,(H,10,11). The van der Waals surface area contributed by atoms with Crippen LogP contribution in [0, 0.1) is 0 Å². The van der Waals surface area contributed by atoms with Crippen LogP contribution >= 0.6 is 0 Å². The molecule has 0 amide bonds. The summed E-state index contributed by atoms with van der Waals surface area (Å²) in [5.41, 5.74) is 2.26. The van der Waals surface area contributed by atoms with Gasteiger partial charge in [0.15, 0.2) is 0 Å². The van der Waals surface area contributed by atoms with Crippen LogP contribution < -0.4 is 0 Å². The minimum absolute atomic E-state index is 0.881. The molecule has 0 spiro atoms. The first-order valence-electron chi connectivity index (χ1n) is 3.65. The molecule has 1 N–H and O–H groups in total. The van der Waals surface area contributed by atoms with Gasteiger partial charge < -0.3 is 5.11 Å². The van der Waals surface area contributed by atoms with Crippen molar-refractivity contribution in [2.75, 3.05) is 0 Å². The fourth-order valence-electron chi connectivity index (χ4n) is 0.810. The first-order chi connectivity index (χ1) is 5.07. The average molecular weight is 154 g/mol. The summed E-state index contributed by atoms with van der Waals surface area (Å²) in [6.45, 7) is 5.96. The minimum Gasteiger partial charge on any atom is -0.478 e. The number of allylic oxidation sites excluding steroid dienone is 3. The van der Waals surface area contributed by atoms with Crippen LogP contribution in [0.1, 0.15) is 27.2 Å². The van der Waals surface area contributed by atoms with Gasteiger partial charge in [0, 0.05) is 6.08 Å². The van der Waals surface area contributed by atoms with Gasteiger partial charge in [0.1, 0.15) is 0 Å². The van der Waals surface area contributed by atoms with Crippen LogP contribution in [0.4, 0.5) is 0 Å². The molecule has 0 aliphatic carbocycles. The lowest BCUT2D eigenvalue weighted by molar-refractivity contribution is -0.131. The summed E-state index contributed by atoms with van der Waals surface area (Å²) in [7, 11) is 0. The molecule has 0 saturated carbocycles. The second-order valence-corrected chi connectivity index (χ2v) is 2.55. The summed E-state index contributed by atoms with van der Waals surface area (Å²) in [6.07, 6.45) is 3.70. The van der Waals surface area contributed by atoms with E-state index in [0.29, 0.717) is 0 Å². The highest BCUT2D eigenvalue weighted by Crippen LogP contribution is 2.08. The predicted octanol–water partition coefficient (Wildman–Crippen LogP) is 2.37. The topological polar surface area (TPSA) is 37.3 Å². The molecule has 0 aliphatic heterocycles. The highest BCUT2D eigenvalue weighted by atomic mass is 16.4. The van der Waals surface area contributed by atoms with Crippen LogP contribution in [0.2, 0.25) is 0 Å². The third-order valence-corrected chi connectivity index (χ3v) is 1.45. The zero-order valence-electron chi connectivity index (χ0n) is 7.22. The van der Waals surface area contributed by atoms with Crippen LogP contribution in [0.3, 0.4) is 0 Å². The molecule has 0 atom stereocenters. The lowest BCUT2D eigenvalue weighted by atomic mass is 10.1. The highest BCUT2D eigenvalue weighted by molar-refractivity contribution is 5.80. The lowest BCUT2D eigenvalue weighted by Crippen LogP contribution is -1.87. The van der Waals surface area contributed by atoms with Gasteiger partial charge in [0.05, 0.1) is 0 Å². The van der Waals surface area contributed by atoms with Crippen molar-refractivity contribution in [2.24, 2.45) is 0 Å². The van der Waals surface area contributed by atoms with Crippen LogP contribution in [-0.4, -0.2) is 11.1 Å². The van der Waals surface area contributed by atoms with E-state index in [-0.39, 0.29) is 0 Å². The molecule has 0 fully saturated rings. The quantitative estimate of drug-likeness (QED) is 0.500. The molecule has 0 aromatic rings. The number of hydrogen-bond acceptors (Lipinski definition) is 1. The van der Waals surface area contributed by atoms with Gasteiger partial charge in [-0.3, -0.25) is 0 Å². The molecule has 11 heavy (non-hydrogen) atoms.